The molecular weight excluding hydrogens is 176 g/mol. The van der Waals surface area contributed by atoms with Gasteiger partial charge in [-0.3, -0.25) is 4.79 Å². The first kappa shape index (κ1) is 9.97. The van der Waals surface area contributed by atoms with E-state index in [1.807, 2.05) is 0 Å². The molecule has 1 N–H and O–H groups in total. The molecule has 0 bridgehead atoms. The van der Waals surface area contributed by atoms with Gasteiger partial charge in [0, 0.05) is 25.0 Å². The molecule has 1 unspecified atom stereocenters. The summed E-state index contributed by atoms with van der Waals surface area (Å²) in [6.07, 6.45) is 4.59. The Labute approximate surface area is 85.8 Å². The average Bonchev–Trinajstić information content (AvgIpc) is 2.26. The number of hydrogen-bond donors (Lipinski definition) is 1. The van der Waals surface area contributed by atoms with E-state index in [-0.39, 0.29) is 0 Å². The summed E-state index contributed by atoms with van der Waals surface area (Å²) in [5.41, 5.74) is 0. The molecule has 0 spiro atoms. The molecule has 1 saturated heterocycles. The largest absolute Gasteiger partial charge is 0.341 e. The van der Waals surface area contributed by atoms with Crippen LogP contribution in [-0.2, 0) is 4.79 Å². The van der Waals surface area contributed by atoms with Crippen molar-refractivity contribution in [1.29, 1.82) is 0 Å². The Morgan fingerprint density at radius 2 is 2.14 bits per heavy atom. The Morgan fingerprint density at radius 3 is 2.79 bits per heavy atom. The molecule has 3 heteroatoms. The number of hydrogen-bond acceptors (Lipinski definition) is 2. The zero-order valence-corrected chi connectivity index (χ0v) is 8.96. The fourth-order valence-corrected chi connectivity index (χ4v) is 2.22. The molecule has 1 atom stereocenters. The van der Waals surface area contributed by atoms with Crippen LogP contribution in [0.15, 0.2) is 0 Å². The molecular formula is C11H20N2O. The summed E-state index contributed by atoms with van der Waals surface area (Å²) < 4.78 is 0. The van der Waals surface area contributed by atoms with Crippen LogP contribution in [0, 0.1) is 5.92 Å². The maximum Gasteiger partial charge on any atom is 0.225 e. The van der Waals surface area contributed by atoms with Gasteiger partial charge in [-0.1, -0.05) is 6.42 Å². The standard InChI is InChI=1S/C11H20N2O/c1-9-8-13(7-3-6-12-9)11(14)10-4-2-5-10/h9-10,12H,2-8H2,1H3. The lowest BCUT2D eigenvalue weighted by Gasteiger charge is -2.31. The number of rotatable bonds is 1. The number of amides is 1. The predicted octanol–water partition coefficient (Wildman–Crippen LogP) is 0.997. The number of carbonyl (C=O) groups excluding carboxylic acids is 1. The highest BCUT2D eigenvalue weighted by Crippen LogP contribution is 2.28. The van der Waals surface area contributed by atoms with Crippen LogP contribution in [-0.4, -0.2) is 36.5 Å². The average molecular weight is 196 g/mol. The second-order valence-corrected chi connectivity index (χ2v) is 4.62. The van der Waals surface area contributed by atoms with Crippen LogP contribution in [0.1, 0.15) is 32.6 Å². The van der Waals surface area contributed by atoms with Crippen LogP contribution in [0.2, 0.25) is 0 Å². The highest BCUT2D eigenvalue weighted by molar-refractivity contribution is 5.79. The molecule has 14 heavy (non-hydrogen) atoms. The van der Waals surface area contributed by atoms with Crippen molar-refractivity contribution in [1.82, 2.24) is 10.2 Å². The van der Waals surface area contributed by atoms with Gasteiger partial charge in [-0.05, 0) is 32.7 Å². The first-order chi connectivity index (χ1) is 6.77. The summed E-state index contributed by atoms with van der Waals surface area (Å²) in [6, 6.07) is 0.460. The van der Waals surface area contributed by atoms with Crippen molar-refractivity contribution in [3.63, 3.8) is 0 Å². The third-order valence-electron chi connectivity index (χ3n) is 3.36. The van der Waals surface area contributed by atoms with E-state index in [9.17, 15) is 4.79 Å². The minimum absolute atomic E-state index is 0.361. The molecule has 1 saturated carbocycles. The van der Waals surface area contributed by atoms with Crippen molar-refractivity contribution in [2.24, 2.45) is 5.92 Å². The van der Waals surface area contributed by atoms with E-state index >= 15 is 0 Å². The summed E-state index contributed by atoms with van der Waals surface area (Å²) in [4.78, 5) is 14.0. The van der Waals surface area contributed by atoms with Crippen LogP contribution in [0.25, 0.3) is 0 Å². The van der Waals surface area contributed by atoms with Gasteiger partial charge in [-0.2, -0.15) is 0 Å². The molecule has 2 aliphatic rings. The lowest BCUT2D eigenvalue weighted by molar-refractivity contribution is -0.138. The molecule has 2 fully saturated rings. The van der Waals surface area contributed by atoms with E-state index in [1.54, 1.807) is 0 Å². The normalized spacial score (nSPS) is 29.5. The Kier molecular flexibility index (Phi) is 3.06. The summed E-state index contributed by atoms with van der Waals surface area (Å²) in [6.45, 7) is 5.06. The lowest BCUT2D eigenvalue weighted by Crippen LogP contribution is -2.43. The van der Waals surface area contributed by atoms with Crippen LogP contribution in [0.5, 0.6) is 0 Å². The van der Waals surface area contributed by atoms with E-state index in [2.05, 4.69) is 17.1 Å². The number of nitrogens with zero attached hydrogens (tertiary/aromatic N) is 1. The highest BCUT2D eigenvalue weighted by atomic mass is 16.2. The molecule has 1 aliphatic carbocycles. The molecule has 0 aromatic carbocycles. The SMILES string of the molecule is CC1CN(C(=O)C2CCC2)CCCN1. The topological polar surface area (TPSA) is 32.3 Å². The maximum absolute atomic E-state index is 12.0. The maximum atomic E-state index is 12.0. The van der Waals surface area contributed by atoms with Crippen LogP contribution in [0.4, 0.5) is 0 Å². The van der Waals surface area contributed by atoms with Crippen molar-refractivity contribution < 1.29 is 4.79 Å². The lowest BCUT2D eigenvalue weighted by atomic mass is 9.84. The van der Waals surface area contributed by atoms with Gasteiger partial charge in [0.15, 0.2) is 0 Å². The molecule has 1 aliphatic heterocycles. The van der Waals surface area contributed by atoms with Gasteiger partial charge in [0.25, 0.3) is 0 Å². The van der Waals surface area contributed by atoms with Gasteiger partial charge >= 0.3 is 0 Å². The summed E-state index contributed by atoms with van der Waals surface area (Å²) in [5, 5.41) is 3.41. The quantitative estimate of drug-likeness (QED) is 0.678. The van der Waals surface area contributed by atoms with Crippen molar-refractivity contribution >= 4 is 5.91 Å². The molecule has 0 aromatic heterocycles. The van der Waals surface area contributed by atoms with Gasteiger partial charge in [-0.25, -0.2) is 0 Å². The van der Waals surface area contributed by atoms with Gasteiger partial charge in [0.1, 0.15) is 0 Å². The smallest absolute Gasteiger partial charge is 0.225 e. The van der Waals surface area contributed by atoms with E-state index in [1.165, 1.54) is 6.42 Å². The van der Waals surface area contributed by atoms with Crippen LogP contribution >= 0.6 is 0 Å². The predicted molar refractivity (Wildman–Crippen MR) is 56.0 cm³/mol. The molecule has 0 aromatic rings. The van der Waals surface area contributed by atoms with E-state index in [0.29, 0.717) is 17.9 Å². The van der Waals surface area contributed by atoms with Gasteiger partial charge in [0.05, 0.1) is 0 Å². The minimum Gasteiger partial charge on any atom is -0.341 e. The number of nitrogens with one attached hydrogen (secondary N) is 1. The Morgan fingerprint density at radius 1 is 1.36 bits per heavy atom. The zero-order chi connectivity index (χ0) is 9.97. The molecule has 80 valence electrons. The second kappa shape index (κ2) is 4.30. The molecule has 3 nitrogen and oxygen atoms in total. The third kappa shape index (κ3) is 2.08. The van der Waals surface area contributed by atoms with Crippen LogP contribution in [0.3, 0.4) is 0 Å². The fraction of sp³-hybridized carbons (Fsp3) is 0.909. The summed E-state index contributed by atoms with van der Waals surface area (Å²) >= 11 is 0. The molecule has 2 rings (SSSR count). The van der Waals surface area contributed by atoms with Crippen LogP contribution < -0.4 is 5.32 Å². The second-order valence-electron chi connectivity index (χ2n) is 4.62. The molecule has 1 heterocycles. The number of carbonyl (C=O) groups is 1. The minimum atomic E-state index is 0.361. The molecule has 1 amide bonds. The third-order valence-corrected chi connectivity index (χ3v) is 3.36. The van der Waals surface area contributed by atoms with Gasteiger partial charge in [-0.15, -0.1) is 0 Å². The Bertz CT molecular complexity index is 213. The highest BCUT2D eigenvalue weighted by Gasteiger charge is 2.30. The first-order valence-electron chi connectivity index (χ1n) is 5.79. The summed E-state index contributed by atoms with van der Waals surface area (Å²) in [5.74, 6) is 0.770. The van der Waals surface area contributed by atoms with E-state index in [4.69, 9.17) is 0 Å². The zero-order valence-electron chi connectivity index (χ0n) is 8.96. The first-order valence-corrected chi connectivity index (χ1v) is 5.79. The Hall–Kier alpha value is -0.570. The van der Waals surface area contributed by atoms with Gasteiger partial charge < -0.3 is 10.2 Å². The summed E-state index contributed by atoms with van der Waals surface area (Å²) in [7, 11) is 0. The van der Waals surface area contributed by atoms with Gasteiger partial charge in [0.2, 0.25) is 5.91 Å². The van der Waals surface area contributed by atoms with Crippen molar-refractivity contribution in [2.75, 3.05) is 19.6 Å². The molecule has 0 radical (unpaired) electrons. The van der Waals surface area contributed by atoms with Crippen molar-refractivity contribution in [2.45, 2.75) is 38.6 Å². The van der Waals surface area contributed by atoms with E-state index in [0.717, 1.165) is 38.9 Å². The van der Waals surface area contributed by atoms with E-state index < -0.39 is 0 Å². The van der Waals surface area contributed by atoms with Crippen molar-refractivity contribution in [3.8, 4) is 0 Å². The van der Waals surface area contributed by atoms with Crippen molar-refractivity contribution in [3.05, 3.63) is 0 Å². The Balaban J connectivity index is 1.90. The fourth-order valence-electron chi connectivity index (χ4n) is 2.22. The monoisotopic (exact) mass is 196 g/mol.